The molecule has 2 N–H and O–H groups in total. The third-order valence-electron chi connectivity index (χ3n) is 5.30. The summed E-state index contributed by atoms with van der Waals surface area (Å²) in [5.74, 6) is -2.04. The van der Waals surface area contributed by atoms with Crippen LogP contribution in [0, 0.1) is 10.1 Å². The van der Waals surface area contributed by atoms with Gasteiger partial charge in [0.05, 0.1) is 36.5 Å². The van der Waals surface area contributed by atoms with Gasteiger partial charge in [0.25, 0.3) is 17.4 Å². The van der Waals surface area contributed by atoms with Crippen LogP contribution in [0.25, 0.3) is 5.76 Å². The number of nitro benzene ring substituents is 1. The molecule has 0 aliphatic carbocycles. The number of carbonyl (C=O) groups excluding carboxylic acids is 2. The minimum atomic E-state index is -1.07. The maximum atomic E-state index is 13.0. The molecule has 1 aliphatic heterocycles. The van der Waals surface area contributed by atoms with Gasteiger partial charge < -0.3 is 24.3 Å². The van der Waals surface area contributed by atoms with E-state index in [9.17, 15) is 29.9 Å². The number of nitrogens with zero attached hydrogens (tertiary/aromatic N) is 2. The number of phenolic OH excluding ortho intramolecular Hbond substituents is 1. The summed E-state index contributed by atoms with van der Waals surface area (Å²) in [5, 5.41) is 32.2. The van der Waals surface area contributed by atoms with E-state index in [0.717, 1.165) is 6.07 Å². The molecule has 1 fully saturated rings. The fourth-order valence-corrected chi connectivity index (χ4v) is 3.75. The van der Waals surface area contributed by atoms with Gasteiger partial charge in [0, 0.05) is 17.7 Å². The van der Waals surface area contributed by atoms with Crippen molar-refractivity contribution in [3.63, 3.8) is 0 Å². The lowest BCUT2D eigenvalue weighted by molar-refractivity contribution is -0.384. The average molecular weight is 450 g/mol. The molecule has 0 spiro atoms. The van der Waals surface area contributed by atoms with Gasteiger partial charge in [0.15, 0.2) is 11.5 Å². The van der Waals surface area contributed by atoms with Crippen LogP contribution in [0.15, 0.2) is 70.9 Å². The number of aromatic hydroxyl groups is 1. The molecule has 0 bridgehead atoms. The lowest BCUT2D eigenvalue weighted by Gasteiger charge is -2.25. The van der Waals surface area contributed by atoms with E-state index in [4.69, 9.17) is 9.15 Å². The quantitative estimate of drug-likeness (QED) is 0.191. The summed E-state index contributed by atoms with van der Waals surface area (Å²) in [4.78, 5) is 37.7. The normalized spacial score (nSPS) is 17.4. The third kappa shape index (κ3) is 3.89. The number of furan rings is 1. The van der Waals surface area contributed by atoms with E-state index >= 15 is 0 Å². The van der Waals surface area contributed by atoms with Gasteiger partial charge >= 0.3 is 0 Å². The number of hydrogen-bond acceptors (Lipinski definition) is 8. The van der Waals surface area contributed by atoms with Crippen LogP contribution >= 0.6 is 0 Å². The van der Waals surface area contributed by atoms with Crippen molar-refractivity contribution in [2.45, 2.75) is 12.6 Å². The number of nitro groups is 1. The number of likely N-dealkylation sites (tertiary alicyclic amines) is 1. The van der Waals surface area contributed by atoms with Crippen molar-refractivity contribution in [3.05, 3.63) is 93.4 Å². The Morgan fingerprint density at radius 1 is 1.18 bits per heavy atom. The number of aliphatic hydroxyl groups is 1. The molecule has 2 heterocycles. The highest BCUT2D eigenvalue weighted by Crippen LogP contribution is 2.42. The predicted octanol–water partition coefficient (Wildman–Crippen LogP) is 3.52. The van der Waals surface area contributed by atoms with Gasteiger partial charge in [-0.05, 0) is 29.8 Å². The summed E-state index contributed by atoms with van der Waals surface area (Å²) in [6.07, 6.45) is 1.42. The number of non-ortho nitro benzene ring substituents is 1. The minimum Gasteiger partial charge on any atom is -0.507 e. The number of phenols is 1. The smallest absolute Gasteiger partial charge is 0.296 e. The van der Waals surface area contributed by atoms with Crippen molar-refractivity contribution < 1.29 is 33.9 Å². The molecule has 1 saturated heterocycles. The summed E-state index contributed by atoms with van der Waals surface area (Å²) >= 11 is 0. The van der Waals surface area contributed by atoms with Gasteiger partial charge in [-0.15, -0.1) is 0 Å². The zero-order valence-corrected chi connectivity index (χ0v) is 17.3. The summed E-state index contributed by atoms with van der Waals surface area (Å²) in [7, 11) is 1.35. The lowest BCUT2D eigenvalue weighted by Crippen LogP contribution is -2.29. The Bertz CT molecular complexity index is 1280. The Labute approximate surface area is 187 Å². The number of amides is 1. The molecule has 3 aromatic rings. The summed E-state index contributed by atoms with van der Waals surface area (Å²) in [6.45, 7) is -0.0723. The van der Waals surface area contributed by atoms with Crippen LogP contribution in [0.3, 0.4) is 0 Å². The highest BCUT2D eigenvalue weighted by molar-refractivity contribution is 6.46. The summed E-state index contributed by atoms with van der Waals surface area (Å²) in [6, 6.07) is 11.6. The number of ketones is 1. The number of hydrogen-bond donors (Lipinski definition) is 2. The SMILES string of the molecule is COc1cc(C2/C(=C(/O)c3cccc([N+](=O)[O-])c3)C(=O)C(=O)N2Cc2ccco2)ccc1O. The Kier molecular flexibility index (Phi) is 5.57. The first kappa shape index (κ1) is 21.6. The second-order valence-electron chi connectivity index (χ2n) is 7.25. The number of rotatable bonds is 6. The van der Waals surface area contributed by atoms with E-state index in [2.05, 4.69) is 0 Å². The van der Waals surface area contributed by atoms with Crippen LogP contribution in [0.4, 0.5) is 5.69 Å². The predicted molar refractivity (Wildman–Crippen MR) is 114 cm³/mol. The molecule has 33 heavy (non-hydrogen) atoms. The number of carbonyl (C=O) groups is 2. The fraction of sp³-hybridized carbons (Fsp3) is 0.130. The van der Waals surface area contributed by atoms with Gasteiger partial charge in [-0.25, -0.2) is 0 Å². The molecule has 1 atom stereocenters. The van der Waals surface area contributed by atoms with E-state index in [-0.39, 0.29) is 34.9 Å². The maximum absolute atomic E-state index is 13.0. The standard InChI is InChI=1S/C23H18N2O8/c1-32-18-11-13(7-8-17(18)26)20-19(21(27)14-4-2-5-15(10-14)25(30)31)22(28)23(29)24(20)12-16-6-3-9-33-16/h2-11,20,26-27H,12H2,1H3/b21-19-. The monoisotopic (exact) mass is 450 g/mol. The van der Waals surface area contributed by atoms with Crippen LogP contribution < -0.4 is 4.74 Å². The number of benzene rings is 2. The Balaban J connectivity index is 1.91. The van der Waals surface area contributed by atoms with Gasteiger partial charge in [0.2, 0.25) is 0 Å². The first-order valence-electron chi connectivity index (χ1n) is 9.74. The summed E-state index contributed by atoms with van der Waals surface area (Å²) in [5.41, 5.74) is -0.148. The summed E-state index contributed by atoms with van der Waals surface area (Å²) < 4.78 is 10.5. The van der Waals surface area contributed by atoms with Crippen molar-refractivity contribution in [2.75, 3.05) is 7.11 Å². The van der Waals surface area contributed by atoms with Gasteiger partial charge in [-0.1, -0.05) is 18.2 Å². The van der Waals surface area contributed by atoms with Crippen LogP contribution in [0.2, 0.25) is 0 Å². The highest BCUT2D eigenvalue weighted by atomic mass is 16.6. The molecule has 168 valence electrons. The number of ether oxygens (including phenoxy) is 1. The molecule has 1 unspecified atom stereocenters. The Hall–Kier alpha value is -4.60. The number of methoxy groups -OCH3 is 1. The second kappa shape index (κ2) is 8.50. The van der Waals surface area contributed by atoms with E-state index in [1.807, 2.05) is 0 Å². The molecule has 10 nitrogen and oxygen atoms in total. The van der Waals surface area contributed by atoms with Crippen molar-refractivity contribution in [2.24, 2.45) is 0 Å². The van der Waals surface area contributed by atoms with Crippen molar-refractivity contribution >= 4 is 23.1 Å². The molecule has 1 amide bonds. The molecular weight excluding hydrogens is 432 g/mol. The Morgan fingerprint density at radius 2 is 1.97 bits per heavy atom. The Morgan fingerprint density at radius 3 is 2.64 bits per heavy atom. The maximum Gasteiger partial charge on any atom is 0.296 e. The van der Waals surface area contributed by atoms with Crippen LogP contribution in [-0.2, 0) is 16.1 Å². The lowest BCUT2D eigenvalue weighted by atomic mass is 9.95. The van der Waals surface area contributed by atoms with Crippen molar-refractivity contribution in [3.8, 4) is 11.5 Å². The second-order valence-corrected chi connectivity index (χ2v) is 7.25. The van der Waals surface area contributed by atoms with E-state index in [1.165, 1.54) is 54.7 Å². The highest BCUT2D eigenvalue weighted by Gasteiger charge is 2.46. The molecule has 4 rings (SSSR count). The molecular formula is C23H18N2O8. The van der Waals surface area contributed by atoms with E-state index < -0.39 is 28.4 Å². The molecule has 0 saturated carbocycles. The van der Waals surface area contributed by atoms with Crippen molar-refractivity contribution in [1.29, 1.82) is 0 Å². The molecule has 1 aliphatic rings. The van der Waals surface area contributed by atoms with Gasteiger partial charge in [0.1, 0.15) is 11.5 Å². The van der Waals surface area contributed by atoms with Gasteiger partial charge in [-0.2, -0.15) is 0 Å². The van der Waals surface area contributed by atoms with Crippen LogP contribution in [-0.4, -0.2) is 38.8 Å². The molecule has 2 aromatic carbocycles. The topological polar surface area (TPSA) is 143 Å². The van der Waals surface area contributed by atoms with Gasteiger partial charge in [-0.3, -0.25) is 19.7 Å². The number of Topliss-reactive ketones (excluding diaryl/α,β-unsaturated/α-hetero) is 1. The van der Waals surface area contributed by atoms with Crippen molar-refractivity contribution in [1.82, 2.24) is 4.90 Å². The number of aliphatic hydroxyl groups excluding tert-OH is 1. The molecule has 0 radical (unpaired) electrons. The van der Waals surface area contributed by atoms with Crippen LogP contribution in [0.1, 0.15) is 22.9 Å². The first-order valence-corrected chi connectivity index (χ1v) is 9.74. The zero-order chi connectivity index (χ0) is 23.7. The largest absolute Gasteiger partial charge is 0.507 e. The van der Waals surface area contributed by atoms with E-state index in [1.54, 1.807) is 12.1 Å². The minimum absolute atomic E-state index is 0.0101. The third-order valence-corrected chi connectivity index (χ3v) is 5.30. The average Bonchev–Trinajstić information content (AvgIpc) is 3.41. The van der Waals surface area contributed by atoms with Crippen LogP contribution in [0.5, 0.6) is 11.5 Å². The fourth-order valence-electron chi connectivity index (χ4n) is 3.75. The van der Waals surface area contributed by atoms with E-state index in [0.29, 0.717) is 11.3 Å². The molecule has 1 aromatic heterocycles. The first-order chi connectivity index (χ1) is 15.8. The zero-order valence-electron chi connectivity index (χ0n) is 17.3. The molecule has 10 heteroatoms.